The number of ketones is 1. The minimum Gasteiger partial charge on any atom is -0.382 e. The Hall–Kier alpha value is -1.73. The van der Waals surface area contributed by atoms with Crippen molar-refractivity contribution in [2.24, 2.45) is 0 Å². The number of nitriles is 1. The van der Waals surface area contributed by atoms with Gasteiger partial charge in [0.05, 0.1) is 4.91 Å². The lowest BCUT2D eigenvalue weighted by molar-refractivity contribution is 0.104. The Morgan fingerprint density at radius 1 is 1.38 bits per heavy atom. The molecular formula is C12H12N2OS. The Kier molecular flexibility index (Phi) is 4.62. The topological polar surface area (TPSA) is 44.1 Å². The number of Topliss-reactive ketones (excluding diaryl/α,β-unsaturated/α-hetero) is 1. The number of thiocyanates is 1. The fourth-order valence-corrected chi connectivity index (χ4v) is 1.72. The first-order valence-corrected chi connectivity index (χ1v) is 5.50. The average Bonchev–Trinajstić information content (AvgIpc) is 2.28. The number of carbonyl (C=O) groups is 1. The van der Waals surface area contributed by atoms with Crippen LogP contribution in [0.1, 0.15) is 10.4 Å². The Morgan fingerprint density at radius 3 is 2.50 bits per heavy atom. The third-order valence-corrected chi connectivity index (χ3v) is 2.39. The number of hydrogen-bond donors (Lipinski definition) is 0. The normalized spacial score (nSPS) is 10.7. The fraction of sp³-hybridized carbons (Fsp3) is 0.167. The molecule has 0 aromatic heterocycles. The molecule has 0 fully saturated rings. The van der Waals surface area contributed by atoms with E-state index >= 15 is 0 Å². The lowest BCUT2D eigenvalue weighted by Crippen LogP contribution is -2.07. The van der Waals surface area contributed by atoms with Crippen molar-refractivity contribution in [1.29, 1.82) is 5.26 Å². The minimum absolute atomic E-state index is 0.124. The summed E-state index contributed by atoms with van der Waals surface area (Å²) in [6, 6.07) is 8.94. The lowest BCUT2D eigenvalue weighted by Gasteiger charge is -2.07. The van der Waals surface area contributed by atoms with Crippen LogP contribution in [0.15, 0.2) is 41.4 Å². The van der Waals surface area contributed by atoms with Crippen molar-refractivity contribution in [3.05, 3.63) is 47.0 Å². The van der Waals surface area contributed by atoms with E-state index in [1.165, 1.54) is 0 Å². The summed E-state index contributed by atoms with van der Waals surface area (Å²) >= 11 is 0.883. The van der Waals surface area contributed by atoms with Crippen molar-refractivity contribution in [1.82, 2.24) is 4.90 Å². The fourth-order valence-electron chi connectivity index (χ4n) is 1.15. The Balaban J connectivity index is 2.98. The molecule has 1 rings (SSSR count). The number of nitrogens with zero attached hydrogens (tertiary/aromatic N) is 2. The van der Waals surface area contributed by atoms with Gasteiger partial charge in [0.2, 0.25) is 5.78 Å². The molecule has 0 spiro atoms. The molecule has 3 nitrogen and oxygen atoms in total. The molecule has 0 saturated carbocycles. The molecule has 0 aliphatic heterocycles. The van der Waals surface area contributed by atoms with Crippen LogP contribution in [-0.4, -0.2) is 24.8 Å². The number of benzene rings is 1. The van der Waals surface area contributed by atoms with Crippen molar-refractivity contribution >= 4 is 17.5 Å². The monoisotopic (exact) mass is 232 g/mol. The van der Waals surface area contributed by atoms with Crippen LogP contribution in [0.3, 0.4) is 0 Å². The molecule has 0 radical (unpaired) electrons. The minimum atomic E-state index is -0.124. The van der Waals surface area contributed by atoms with Crippen LogP contribution in [0.25, 0.3) is 0 Å². The molecule has 0 aliphatic rings. The van der Waals surface area contributed by atoms with Gasteiger partial charge in [-0.3, -0.25) is 4.79 Å². The van der Waals surface area contributed by atoms with Gasteiger partial charge in [-0.2, -0.15) is 5.26 Å². The summed E-state index contributed by atoms with van der Waals surface area (Å²) in [6.45, 7) is 0. The molecule has 16 heavy (non-hydrogen) atoms. The second-order valence-electron chi connectivity index (χ2n) is 3.35. The number of rotatable bonds is 4. The third kappa shape index (κ3) is 3.44. The number of allylic oxidation sites excluding steroid dienone is 1. The Bertz CT molecular complexity index is 432. The van der Waals surface area contributed by atoms with Gasteiger partial charge >= 0.3 is 0 Å². The zero-order chi connectivity index (χ0) is 12.0. The van der Waals surface area contributed by atoms with Gasteiger partial charge in [0, 0.05) is 25.9 Å². The lowest BCUT2D eigenvalue weighted by atomic mass is 10.1. The van der Waals surface area contributed by atoms with Crippen molar-refractivity contribution in [3.63, 3.8) is 0 Å². The molecule has 0 heterocycles. The highest BCUT2D eigenvalue weighted by Crippen LogP contribution is 2.19. The summed E-state index contributed by atoms with van der Waals surface area (Å²) in [5.74, 6) is -0.124. The standard InChI is InChI=1S/C12H12N2OS/c1-14(2)8-11(16-9-13)12(15)10-6-4-3-5-7-10/h3-8H,1-2H3/b11-8-. The highest BCUT2D eigenvalue weighted by atomic mass is 32.2. The summed E-state index contributed by atoms with van der Waals surface area (Å²) in [5, 5.41) is 10.6. The van der Waals surface area contributed by atoms with E-state index in [9.17, 15) is 4.79 Å². The van der Waals surface area contributed by atoms with E-state index in [-0.39, 0.29) is 5.78 Å². The summed E-state index contributed by atoms with van der Waals surface area (Å²) in [5.41, 5.74) is 0.596. The molecule has 0 amide bonds. The molecular weight excluding hydrogens is 220 g/mol. The molecule has 0 N–H and O–H groups in total. The molecule has 1 aromatic rings. The molecule has 0 unspecified atom stereocenters. The maximum absolute atomic E-state index is 12.0. The SMILES string of the molecule is CN(C)/C=C(\SC#N)C(=O)c1ccccc1. The zero-order valence-electron chi connectivity index (χ0n) is 9.18. The van der Waals surface area contributed by atoms with E-state index in [4.69, 9.17) is 5.26 Å². The predicted octanol–water partition coefficient (Wildman–Crippen LogP) is 2.49. The summed E-state index contributed by atoms with van der Waals surface area (Å²) < 4.78 is 0. The first-order chi connectivity index (χ1) is 7.65. The highest BCUT2D eigenvalue weighted by molar-refractivity contribution is 8.08. The van der Waals surface area contributed by atoms with Crippen LogP contribution in [0.5, 0.6) is 0 Å². The van der Waals surface area contributed by atoms with Gasteiger partial charge in [0.15, 0.2) is 0 Å². The quantitative estimate of drug-likeness (QED) is 0.454. The van der Waals surface area contributed by atoms with Crippen molar-refractivity contribution in [3.8, 4) is 5.40 Å². The maximum atomic E-state index is 12.0. The van der Waals surface area contributed by atoms with Crippen LogP contribution < -0.4 is 0 Å². The van der Waals surface area contributed by atoms with E-state index in [1.54, 1.807) is 35.4 Å². The average molecular weight is 232 g/mol. The predicted molar refractivity (Wildman–Crippen MR) is 65.7 cm³/mol. The largest absolute Gasteiger partial charge is 0.382 e. The summed E-state index contributed by atoms with van der Waals surface area (Å²) in [7, 11) is 3.63. The summed E-state index contributed by atoms with van der Waals surface area (Å²) in [6.07, 6.45) is 1.66. The van der Waals surface area contributed by atoms with E-state index < -0.39 is 0 Å². The smallest absolute Gasteiger partial charge is 0.201 e. The van der Waals surface area contributed by atoms with E-state index in [2.05, 4.69) is 0 Å². The van der Waals surface area contributed by atoms with Crippen LogP contribution >= 0.6 is 11.8 Å². The van der Waals surface area contributed by atoms with E-state index in [1.807, 2.05) is 25.6 Å². The number of hydrogen-bond acceptors (Lipinski definition) is 4. The second-order valence-corrected chi connectivity index (χ2v) is 4.17. The van der Waals surface area contributed by atoms with Crippen LogP contribution in [0.2, 0.25) is 0 Å². The van der Waals surface area contributed by atoms with Crippen molar-refractivity contribution < 1.29 is 4.79 Å². The molecule has 0 saturated heterocycles. The first kappa shape index (κ1) is 12.3. The van der Waals surface area contributed by atoms with Gasteiger partial charge < -0.3 is 4.90 Å². The molecule has 0 bridgehead atoms. The number of thioether (sulfide) groups is 1. The van der Waals surface area contributed by atoms with Crippen LogP contribution in [-0.2, 0) is 0 Å². The summed E-state index contributed by atoms with van der Waals surface area (Å²) in [4.78, 5) is 14.2. The van der Waals surface area contributed by atoms with Gasteiger partial charge in [-0.15, -0.1) is 0 Å². The maximum Gasteiger partial charge on any atom is 0.201 e. The van der Waals surface area contributed by atoms with E-state index in [0.29, 0.717) is 10.5 Å². The van der Waals surface area contributed by atoms with Crippen molar-refractivity contribution in [2.45, 2.75) is 0 Å². The molecule has 0 atom stereocenters. The van der Waals surface area contributed by atoms with Gasteiger partial charge in [-0.1, -0.05) is 30.3 Å². The third-order valence-electron chi connectivity index (χ3n) is 1.79. The molecule has 4 heteroatoms. The van der Waals surface area contributed by atoms with Gasteiger partial charge in [-0.05, 0) is 11.8 Å². The van der Waals surface area contributed by atoms with Crippen LogP contribution in [0.4, 0.5) is 0 Å². The number of carbonyl (C=O) groups excluding carboxylic acids is 1. The molecule has 0 aliphatic carbocycles. The Morgan fingerprint density at radius 2 is 2.00 bits per heavy atom. The van der Waals surface area contributed by atoms with Gasteiger partial charge in [0.1, 0.15) is 5.40 Å². The zero-order valence-corrected chi connectivity index (χ0v) is 9.99. The second kappa shape index (κ2) is 5.99. The van der Waals surface area contributed by atoms with Crippen LogP contribution in [0, 0.1) is 10.7 Å². The van der Waals surface area contributed by atoms with Crippen molar-refractivity contribution in [2.75, 3.05) is 14.1 Å². The molecule has 1 aromatic carbocycles. The first-order valence-electron chi connectivity index (χ1n) is 4.69. The van der Waals surface area contributed by atoms with Gasteiger partial charge in [-0.25, -0.2) is 0 Å². The Labute approximate surface area is 99.4 Å². The van der Waals surface area contributed by atoms with Gasteiger partial charge in [0.25, 0.3) is 0 Å². The highest BCUT2D eigenvalue weighted by Gasteiger charge is 2.12. The molecule has 82 valence electrons. The van der Waals surface area contributed by atoms with E-state index in [0.717, 1.165) is 11.8 Å².